The number of fused-ring (bicyclic) bond motifs is 1. The summed E-state index contributed by atoms with van der Waals surface area (Å²) in [6.07, 6.45) is 3.98. The lowest BCUT2D eigenvalue weighted by Crippen LogP contribution is -1.89. The van der Waals surface area contributed by atoms with E-state index in [9.17, 15) is 0 Å². The Bertz CT molecular complexity index is 811. The van der Waals surface area contributed by atoms with E-state index in [1.165, 1.54) is 0 Å². The molecule has 3 aromatic rings. The zero-order valence-electron chi connectivity index (χ0n) is 12.1. The number of nitrogens with zero attached hydrogens (tertiary/aromatic N) is 2. The third-order valence-corrected chi connectivity index (χ3v) is 3.82. The van der Waals surface area contributed by atoms with E-state index < -0.39 is 0 Å². The monoisotopic (exact) mass is 301 g/mol. The van der Waals surface area contributed by atoms with Crippen molar-refractivity contribution in [3.05, 3.63) is 47.2 Å². The average molecular weight is 302 g/mol. The second-order valence-corrected chi connectivity index (χ2v) is 5.27. The van der Waals surface area contributed by atoms with E-state index in [1.54, 1.807) is 7.11 Å². The minimum absolute atomic E-state index is 0.589. The van der Waals surface area contributed by atoms with Crippen LogP contribution in [-0.2, 0) is 0 Å². The van der Waals surface area contributed by atoms with Crippen LogP contribution in [-0.4, -0.2) is 23.5 Å². The summed E-state index contributed by atoms with van der Waals surface area (Å²) in [5.41, 5.74) is 4.90. The van der Waals surface area contributed by atoms with Crippen LogP contribution in [0.2, 0.25) is 5.02 Å². The van der Waals surface area contributed by atoms with Crippen molar-refractivity contribution >= 4 is 22.9 Å². The van der Waals surface area contributed by atoms with Gasteiger partial charge in [-0.25, -0.2) is 4.98 Å². The van der Waals surface area contributed by atoms with Gasteiger partial charge in [-0.1, -0.05) is 11.6 Å². The molecule has 5 heteroatoms. The summed E-state index contributed by atoms with van der Waals surface area (Å²) in [5, 5.41) is 3.70. The first-order valence-electron chi connectivity index (χ1n) is 6.63. The standard InChI is InChI=1S/C16H16ClN3O/c1-10-6-15(21-3)13(17)8-12(10)14-9-20-5-4-11(18-2)7-16(20)19-14/h4-9,18H,1-3H3. The summed E-state index contributed by atoms with van der Waals surface area (Å²) >= 11 is 6.23. The number of aromatic nitrogens is 2. The molecule has 2 heterocycles. The molecule has 2 aromatic heterocycles. The zero-order valence-corrected chi connectivity index (χ0v) is 12.9. The van der Waals surface area contributed by atoms with Gasteiger partial charge < -0.3 is 14.5 Å². The maximum Gasteiger partial charge on any atom is 0.139 e. The van der Waals surface area contributed by atoms with Crippen LogP contribution >= 0.6 is 11.6 Å². The molecule has 0 saturated heterocycles. The third-order valence-electron chi connectivity index (χ3n) is 3.52. The molecule has 0 unspecified atom stereocenters. The van der Waals surface area contributed by atoms with Crippen molar-refractivity contribution in [3.63, 3.8) is 0 Å². The van der Waals surface area contributed by atoms with Gasteiger partial charge in [0.1, 0.15) is 11.4 Å². The molecule has 0 aliphatic rings. The molecule has 0 spiro atoms. The lowest BCUT2D eigenvalue weighted by Gasteiger charge is -2.08. The molecule has 0 aliphatic carbocycles. The van der Waals surface area contributed by atoms with Gasteiger partial charge in [0, 0.05) is 36.8 Å². The Kier molecular flexibility index (Phi) is 3.47. The molecule has 108 valence electrons. The number of aryl methyl sites for hydroxylation is 1. The fraction of sp³-hybridized carbons (Fsp3) is 0.188. The van der Waals surface area contributed by atoms with Gasteiger partial charge in [-0.3, -0.25) is 0 Å². The van der Waals surface area contributed by atoms with Gasteiger partial charge in [-0.05, 0) is 30.7 Å². The molecule has 0 fully saturated rings. The first-order chi connectivity index (χ1) is 10.1. The van der Waals surface area contributed by atoms with Crippen LogP contribution in [0.15, 0.2) is 36.7 Å². The fourth-order valence-electron chi connectivity index (χ4n) is 2.35. The van der Waals surface area contributed by atoms with Crippen molar-refractivity contribution in [1.82, 2.24) is 9.38 Å². The number of halogens is 1. The molecule has 0 amide bonds. The highest BCUT2D eigenvalue weighted by Gasteiger charge is 2.11. The Morgan fingerprint density at radius 1 is 1.29 bits per heavy atom. The second-order valence-electron chi connectivity index (χ2n) is 4.86. The molecule has 1 N–H and O–H groups in total. The van der Waals surface area contributed by atoms with Crippen LogP contribution < -0.4 is 10.1 Å². The smallest absolute Gasteiger partial charge is 0.139 e. The molecular weight excluding hydrogens is 286 g/mol. The number of nitrogens with one attached hydrogen (secondary N) is 1. The lowest BCUT2D eigenvalue weighted by molar-refractivity contribution is 0.415. The van der Waals surface area contributed by atoms with Crippen molar-refractivity contribution in [2.45, 2.75) is 6.92 Å². The van der Waals surface area contributed by atoms with E-state index in [1.807, 2.05) is 55.0 Å². The van der Waals surface area contributed by atoms with Gasteiger partial charge in [0.2, 0.25) is 0 Å². The van der Waals surface area contributed by atoms with Gasteiger partial charge in [0.25, 0.3) is 0 Å². The number of hydrogen-bond acceptors (Lipinski definition) is 3. The molecule has 0 saturated carbocycles. The number of rotatable bonds is 3. The SMILES string of the molecule is CNc1ccn2cc(-c3cc(Cl)c(OC)cc3C)nc2c1. The molecule has 3 rings (SSSR count). The predicted octanol–water partition coefficient (Wildman–Crippen LogP) is 4.01. The van der Waals surface area contributed by atoms with Crippen molar-refractivity contribution in [3.8, 4) is 17.0 Å². The molecule has 0 radical (unpaired) electrons. The van der Waals surface area contributed by atoms with Crippen molar-refractivity contribution in [2.24, 2.45) is 0 Å². The number of pyridine rings is 1. The van der Waals surface area contributed by atoms with Crippen LogP contribution in [0.3, 0.4) is 0 Å². The summed E-state index contributed by atoms with van der Waals surface area (Å²) in [6.45, 7) is 2.03. The first kappa shape index (κ1) is 13.8. The highest BCUT2D eigenvalue weighted by Crippen LogP contribution is 2.33. The van der Waals surface area contributed by atoms with E-state index in [2.05, 4.69) is 10.3 Å². The predicted molar refractivity (Wildman–Crippen MR) is 86.5 cm³/mol. The molecule has 1 aromatic carbocycles. The van der Waals surface area contributed by atoms with E-state index in [-0.39, 0.29) is 0 Å². The number of benzene rings is 1. The van der Waals surface area contributed by atoms with Gasteiger partial charge in [-0.15, -0.1) is 0 Å². The van der Waals surface area contributed by atoms with Crippen molar-refractivity contribution < 1.29 is 4.74 Å². The summed E-state index contributed by atoms with van der Waals surface area (Å²) < 4.78 is 7.23. The molecule has 0 atom stereocenters. The highest BCUT2D eigenvalue weighted by molar-refractivity contribution is 6.32. The topological polar surface area (TPSA) is 38.6 Å². The first-order valence-corrected chi connectivity index (χ1v) is 7.01. The molecule has 4 nitrogen and oxygen atoms in total. The Hall–Kier alpha value is -2.20. The largest absolute Gasteiger partial charge is 0.495 e. The number of methoxy groups -OCH3 is 1. The van der Waals surface area contributed by atoms with Gasteiger partial charge in [-0.2, -0.15) is 0 Å². The van der Waals surface area contributed by atoms with Gasteiger partial charge in [0.05, 0.1) is 17.8 Å². The third kappa shape index (κ3) is 2.43. The number of hydrogen-bond donors (Lipinski definition) is 1. The molecule has 0 bridgehead atoms. The maximum absolute atomic E-state index is 6.23. The molecular formula is C16H16ClN3O. The van der Waals surface area contributed by atoms with E-state index in [0.717, 1.165) is 28.2 Å². The number of ether oxygens (including phenoxy) is 1. The van der Waals surface area contributed by atoms with Crippen LogP contribution in [0.25, 0.3) is 16.9 Å². The maximum atomic E-state index is 6.23. The highest BCUT2D eigenvalue weighted by atomic mass is 35.5. The number of imidazole rings is 1. The van der Waals surface area contributed by atoms with E-state index in [0.29, 0.717) is 10.8 Å². The molecule has 21 heavy (non-hydrogen) atoms. The Morgan fingerprint density at radius 2 is 2.10 bits per heavy atom. The number of anilines is 1. The van der Waals surface area contributed by atoms with E-state index >= 15 is 0 Å². The van der Waals surface area contributed by atoms with E-state index in [4.69, 9.17) is 16.3 Å². The Balaban J connectivity index is 2.14. The summed E-state index contributed by atoms with van der Waals surface area (Å²) in [7, 11) is 3.51. The summed E-state index contributed by atoms with van der Waals surface area (Å²) in [5.74, 6) is 0.680. The second kappa shape index (κ2) is 5.30. The summed E-state index contributed by atoms with van der Waals surface area (Å²) in [4.78, 5) is 4.67. The van der Waals surface area contributed by atoms with Crippen LogP contribution in [0.1, 0.15) is 5.56 Å². The average Bonchev–Trinajstić information content (AvgIpc) is 2.91. The van der Waals surface area contributed by atoms with Crippen LogP contribution in [0, 0.1) is 6.92 Å². The normalized spacial score (nSPS) is 10.9. The Morgan fingerprint density at radius 3 is 2.81 bits per heavy atom. The fourth-order valence-corrected chi connectivity index (χ4v) is 2.60. The molecule has 0 aliphatic heterocycles. The summed E-state index contributed by atoms with van der Waals surface area (Å²) in [6, 6.07) is 7.84. The van der Waals surface area contributed by atoms with Gasteiger partial charge >= 0.3 is 0 Å². The van der Waals surface area contributed by atoms with Crippen LogP contribution in [0.5, 0.6) is 5.75 Å². The minimum Gasteiger partial charge on any atom is -0.495 e. The van der Waals surface area contributed by atoms with Crippen molar-refractivity contribution in [1.29, 1.82) is 0 Å². The zero-order chi connectivity index (χ0) is 15.0. The lowest BCUT2D eigenvalue weighted by atomic mass is 10.1. The Labute approximate surface area is 128 Å². The minimum atomic E-state index is 0.589. The quantitative estimate of drug-likeness (QED) is 0.794. The van der Waals surface area contributed by atoms with Crippen LogP contribution in [0.4, 0.5) is 5.69 Å². The van der Waals surface area contributed by atoms with Crippen molar-refractivity contribution in [2.75, 3.05) is 19.5 Å². The van der Waals surface area contributed by atoms with Gasteiger partial charge in [0.15, 0.2) is 0 Å².